The summed E-state index contributed by atoms with van der Waals surface area (Å²) in [4.78, 5) is 38.6. The average molecular weight is 345 g/mol. The smallest absolute Gasteiger partial charge is 0.244 e. The summed E-state index contributed by atoms with van der Waals surface area (Å²) in [5, 5.41) is 3.25. The summed E-state index contributed by atoms with van der Waals surface area (Å²) in [6.07, 6.45) is 4.96. The second-order valence-electron chi connectivity index (χ2n) is 6.77. The number of carbonyl (C=O) groups is 3. The van der Waals surface area contributed by atoms with Gasteiger partial charge in [-0.2, -0.15) is 0 Å². The highest BCUT2D eigenvalue weighted by Crippen LogP contribution is 2.52. The van der Waals surface area contributed by atoms with E-state index in [1.54, 1.807) is 18.2 Å². The molecule has 4 rings (SSSR count). The topological polar surface area (TPSA) is 66.5 Å². The molecule has 124 valence electrons. The Hall–Kier alpha value is -2.14. The van der Waals surface area contributed by atoms with Crippen LogP contribution in [0.2, 0.25) is 5.02 Å². The van der Waals surface area contributed by atoms with Gasteiger partial charge in [0.1, 0.15) is 6.54 Å². The third-order valence-electron chi connectivity index (χ3n) is 5.34. The summed E-state index contributed by atoms with van der Waals surface area (Å²) < 4.78 is 0. The summed E-state index contributed by atoms with van der Waals surface area (Å²) in [6.45, 7) is 1.61. The maximum Gasteiger partial charge on any atom is 0.244 e. The van der Waals surface area contributed by atoms with E-state index in [1.165, 1.54) is 0 Å². The SMILES string of the molecule is Cc1ccc(Cl)cc1NC(=O)CN1C(=O)[C@@H]2[C@H](C1=O)[C@@H]1C=C[C@@H]2C1. The van der Waals surface area contributed by atoms with E-state index in [4.69, 9.17) is 11.6 Å². The van der Waals surface area contributed by atoms with Crippen LogP contribution in [0.1, 0.15) is 12.0 Å². The second kappa shape index (κ2) is 5.45. The van der Waals surface area contributed by atoms with E-state index < -0.39 is 0 Å². The number of anilines is 1. The van der Waals surface area contributed by atoms with Crippen LogP contribution in [-0.2, 0) is 14.4 Å². The molecule has 1 N–H and O–H groups in total. The van der Waals surface area contributed by atoms with E-state index in [1.807, 2.05) is 19.1 Å². The first-order chi connectivity index (χ1) is 11.5. The van der Waals surface area contributed by atoms with E-state index in [9.17, 15) is 14.4 Å². The molecule has 2 bridgehead atoms. The average Bonchev–Trinajstić information content (AvgIpc) is 3.21. The summed E-state index contributed by atoms with van der Waals surface area (Å²) >= 11 is 5.94. The number of amides is 3. The molecule has 0 spiro atoms. The van der Waals surface area contributed by atoms with Gasteiger partial charge in [0, 0.05) is 10.7 Å². The minimum Gasteiger partial charge on any atom is -0.324 e. The fraction of sp³-hybridized carbons (Fsp3) is 0.389. The number of allylic oxidation sites excluding steroid dienone is 2. The number of hydrogen-bond acceptors (Lipinski definition) is 3. The number of rotatable bonds is 3. The number of nitrogens with one attached hydrogen (secondary N) is 1. The van der Waals surface area contributed by atoms with Crippen molar-refractivity contribution in [3.05, 3.63) is 40.9 Å². The monoisotopic (exact) mass is 344 g/mol. The molecule has 3 amide bonds. The summed E-state index contributed by atoms with van der Waals surface area (Å²) in [7, 11) is 0. The van der Waals surface area contributed by atoms with Crippen LogP contribution >= 0.6 is 11.6 Å². The van der Waals surface area contributed by atoms with E-state index in [-0.39, 0.29) is 47.9 Å². The molecular weight excluding hydrogens is 328 g/mol. The first-order valence-corrected chi connectivity index (χ1v) is 8.43. The van der Waals surface area contributed by atoms with Crippen molar-refractivity contribution in [2.24, 2.45) is 23.7 Å². The molecule has 1 aliphatic heterocycles. The zero-order valence-corrected chi connectivity index (χ0v) is 13.9. The second-order valence-corrected chi connectivity index (χ2v) is 7.21. The van der Waals surface area contributed by atoms with Gasteiger partial charge in [-0.05, 0) is 42.9 Å². The van der Waals surface area contributed by atoms with Gasteiger partial charge in [0.15, 0.2) is 0 Å². The van der Waals surface area contributed by atoms with Crippen molar-refractivity contribution >= 4 is 35.0 Å². The Morgan fingerprint density at radius 2 is 1.83 bits per heavy atom. The molecular formula is C18H17ClN2O3. The Morgan fingerprint density at radius 1 is 1.21 bits per heavy atom. The molecule has 4 atom stereocenters. The Labute approximate surface area is 144 Å². The fourth-order valence-corrected chi connectivity index (χ4v) is 4.35. The number of carbonyl (C=O) groups excluding carboxylic acids is 3. The first-order valence-electron chi connectivity index (χ1n) is 8.05. The lowest BCUT2D eigenvalue weighted by atomic mass is 9.85. The van der Waals surface area contributed by atoms with Crippen LogP contribution in [0.4, 0.5) is 5.69 Å². The molecule has 1 saturated carbocycles. The van der Waals surface area contributed by atoms with Crippen LogP contribution in [0.25, 0.3) is 0 Å². The minimum absolute atomic E-state index is 0.152. The lowest BCUT2D eigenvalue weighted by molar-refractivity contribution is -0.143. The first kappa shape index (κ1) is 15.4. The van der Waals surface area contributed by atoms with Crippen molar-refractivity contribution in [2.75, 3.05) is 11.9 Å². The largest absolute Gasteiger partial charge is 0.324 e. The maximum atomic E-state index is 12.6. The van der Waals surface area contributed by atoms with Crippen molar-refractivity contribution in [2.45, 2.75) is 13.3 Å². The number of fused-ring (bicyclic) bond motifs is 5. The number of nitrogens with zero attached hydrogens (tertiary/aromatic N) is 1. The van der Waals surface area contributed by atoms with Crippen LogP contribution in [-0.4, -0.2) is 29.2 Å². The van der Waals surface area contributed by atoms with Crippen LogP contribution in [0.5, 0.6) is 0 Å². The Balaban J connectivity index is 1.48. The number of hydrogen-bond donors (Lipinski definition) is 1. The van der Waals surface area contributed by atoms with Gasteiger partial charge in [0.05, 0.1) is 11.8 Å². The predicted octanol–water partition coefficient (Wildman–Crippen LogP) is 2.39. The van der Waals surface area contributed by atoms with Crippen molar-refractivity contribution in [1.82, 2.24) is 4.90 Å². The molecule has 0 unspecified atom stereocenters. The van der Waals surface area contributed by atoms with Crippen LogP contribution in [0, 0.1) is 30.6 Å². The van der Waals surface area contributed by atoms with E-state index in [2.05, 4.69) is 5.32 Å². The third kappa shape index (κ3) is 2.26. The highest BCUT2D eigenvalue weighted by atomic mass is 35.5. The molecule has 1 aromatic rings. The molecule has 2 fully saturated rings. The number of likely N-dealkylation sites (tertiary alicyclic amines) is 1. The van der Waals surface area contributed by atoms with Crippen LogP contribution < -0.4 is 5.32 Å². The minimum atomic E-state index is -0.387. The van der Waals surface area contributed by atoms with Gasteiger partial charge in [-0.25, -0.2) is 0 Å². The quantitative estimate of drug-likeness (QED) is 0.676. The molecule has 0 aromatic heterocycles. The van der Waals surface area contributed by atoms with E-state index in [0.29, 0.717) is 10.7 Å². The molecule has 6 heteroatoms. The van der Waals surface area contributed by atoms with Crippen molar-refractivity contribution in [3.63, 3.8) is 0 Å². The van der Waals surface area contributed by atoms with Gasteiger partial charge in [0.2, 0.25) is 17.7 Å². The zero-order valence-electron chi connectivity index (χ0n) is 13.2. The van der Waals surface area contributed by atoms with E-state index in [0.717, 1.165) is 16.9 Å². The van der Waals surface area contributed by atoms with Crippen molar-refractivity contribution in [1.29, 1.82) is 0 Å². The molecule has 0 radical (unpaired) electrons. The molecule has 5 nitrogen and oxygen atoms in total. The number of benzene rings is 1. The van der Waals surface area contributed by atoms with Crippen molar-refractivity contribution in [3.8, 4) is 0 Å². The Kier molecular flexibility index (Phi) is 3.49. The standard InChI is InChI=1S/C18H17ClN2O3/c1-9-2-5-12(19)7-13(9)20-14(22)8-21-17(23)15-10-3-4-11(6-10)16(15)18(21)24/h2-5,7,10-11,15-16H,6,8H2,1H3,(H,20,22)/t10-,11-,15-,16+/m1/s1. The van der Waals surface area contributed by atoms with Crippen LogP contribution in [0.3, 0.4) is 0 Å². The zero-order chi connectivity index (χ0) is 17.0. The summed E-state index contributed by atoms with van der Waals surface area (Å²) in [6, 6.07) is 5.20. The van der Waals surface area contributed by atoms with E-state index >= 15 is 0 Å². The third-order valence-corrected chi connectivity index (χ3v) is 5.57. The molecule has 1 saturated heterocycles. The molecule has 1 heterocycles. The Morgan fingerprint density at radius 3 is 2.46 bits per heavy atom. The van der Waals surface area contributed by atoms with Gasteiger partial charge in [-0.3, -0.25) is 19.3 Å². The van der Waals surface area contributed by atoms with Gasteiger partial charge in [0.25, 0.3) is 0 Å². The van der Waals surface area contributed by atoms with Crippen LogP contribution in [0.15, 0.2) is 30.4 Å². The number of imide groups is 1. The summed E-state index contributed by atoms with van der Waals surface area (Å²) in [5.74, 6) is -1.04. The highest BCUT2D eigenvalue weighted by Gasteiger charge is 2.59. The van der Waals surface area contributed by atoms with Gasteiger partial charge >= 0.3 is 0 Å². The lowest BCUT2D eigenvalue weighted by Gasteiger charge is -2.17. The Bertz CT molecular complexity index is 758. The molecule has 3 aliphatic rings. The predicted molar refractivity (Wildman–Crippen MR) is 89.3 cm³/mol. The normalized spacial score (nSPS) is 30.2. The summed E-state index contributed by atoms with van der Waals surface area (Å²) in [5.41, 5.74) is 1.46. The van der Waals surface area contributed by atoms with Gasteiger partial charge in [-0.1, -0.05) is 29.8 Å². The maximum absolute atomic E-state index is 12.6. The van der Waals surface area contributed by atoms with Gasteiger partial charge < -0.3 is 5.32 Å². The van der Waals surface area contributed by atoms with Crippen molar-refractivity contribution < 1.29 is 14.4 Å². The fourth-order valence-electron chi connectivity index (χ4n) is 4.18. The lowest BCUT2D eigenvalue weighted by Crippen LogP contribution is -2.39. The molecule has 24 heavy (non-hydrogen) atoms. The number of aryl methyl sites for hydroxylation is 1. The highest BCUT2D eigenvalue weighted by molar-refractivity contribution is 6.31. The molecule has 1 aromatic carbocycles. The molecule has 2 aliphatic carbocycles. The number of halogens is 1. The van der Waals surface area contributed by atoms with Gasteiger partial charge in [-0.15, -0.1) is 0 Å².